The number of amides is 1. The van der Waals surface area contributed by atoms with E-state index < -0.39 is 0 Å². The Balaban J connectivity index is 3.22. The molecule has 0 heterocycles. The van der Waals surface area contributed by atoms with Crippen LogP contribution >= 0.6 is 23.2 Å². The van der Waals surface area contributed by atoms with Crippen LogP contribution in [0.3, 0.4) is 0 Å². The van der Waals surface area contributed by atoms with E-state index in [1.807, 2.05) is 13.8 Å². The second-order valence-electron chi connectivity index (χ2n) is 2.99. The summed E-state index contributed by atoms with van der Waals surface area (Å²) in [5.74, 6) is -0.228. The first-order chi connectivity index (χ1) is 7.52. The van der Waals surface area contributed by atoms with Gasteiger partial charge in [-0.15, -0.1) is 0 Å². The van der Waals surface area contributed by atoms with Gasteiger partial charge in [0.1, 0.15) is 0 Å². The zero-order valence-corrected chi connectivity index (χ0v) is 10.2. The van der Waals surface area contributed by atoms with Crippen molar-refractivity contribution in [1.82, 2.24) is 4.90 Å². The maximum absolute atomic E-state index is 12.1. The minimum Gasteiger partial charge on any atom is -0.339 e. The predicted molar refractivity (Wildman–Crippen MR) is 63.7 cm³/mol. The second-order valence-corrected chi connectivity index (χ2v) is 3.78. The van der Waals surface area contributed by atoms with Crippen molar-refractivity contribution in [2.24, 2.45) is 0 Å². The summed E-state index contributed by atoms with van der Waals surface area (Å²) in [4.78, 5) is 13.7. The normalized spacial score (nSPS) is 11.1. The van der Waals surface area contributed by atoms with E-state index in [1.165, 1.54) is 12.1 Å². The lowest BCUT2D eigenvalue weighted by Gasteiger charge is -2.19. The molecule has 0 saturated carbocycles. The van der Waals surface area contributed by atoms with Gasteiger partial charge in [-0.05, 0) is 26.0 Å². The van der Waals surface area contributed by atoms with E-state index in [4.69, 9.17) is 24.6 Å². The molecule has 0 aliphatic rings. The number of rotatable bonds is 3. The molecule has 4 heteroatoms. The zero-order valence-electron chi connectivity index (χ0n) is 9.68. The molecule has 0 bridgehead atoms. The molecular weight excluding hydrogens is 233 g/mol. The van der Waals surface area contributed by atoms with Gasteiger partial charge in [0.05, 0.1) is 17.0 Å². The number of carbonyl (C=O) groups excluding carboxylic acids is 1. The molecule has 1 rings (SSSR count). The summed E-state index contributed by atoms with van der Waals surface area (Å²) in [5, 5.41) is 0.405. The van der Waals surface area contributed by atoms with E-state index in [2.05, 4.69) is 0 Å². The van der Waals surface area contributed by atoms with Crippen molar-refractivity contribution < 1.29 is 6.17 Å². The third-order valence-corrected chi connectivity index (χ3v) is 2.78. The average molecular weight is 247 g/mol. The minimum atomic E-state index is -0.228. The van der Waals surface area contributed by atoms with Crippen LogP contribution in [0.15, 0.2) is 18.2 Å². The van der Waals surface area contributed by atoms with Crippen molar-refractivity contribution in [2.75, 3.05) is 13.1 Å². The van der Waals surface area contributed by atoms with Gasteiger partial charge < -0.3 is 4.90 Å². The third-order valence-electron chi connectivity index (χ3n) is 2.16. The molecule has 0 saturated heterocycles. The third kappa shape index (κ3) is 2.64. The quantitative estimate of drug-likeness (QED) is 0.800. The van der Waals surface area contributed by atoms with Gasteiger partial charge in [0.2, 0.25) is 0 Å². The Kier molecular flexibility index (Phi) is 3.87. The Morgan fingerprint density at radius 1 is 1.40 bits per heavy atom. The van der Waals surface area contributed by atoms with Crippen LogP contribution in [0.5, 0.6) is 0 Å². The highest BCUT2D eigenvalue weighted by atomic mass is 35.5. The fourth-order valence-corrected chi connectivity index (χ4v) is 1.85. The first-order valence-electron chi connectivity index (χ1n) is 5.26. The van der Waals surface area contributed by atoms with Crippen LogP contribution in [0.4, 0.5) is 0 Å². The lowest BCUT2D eigenvalue weighted by atomic mass is 10.2. The fourth-order valence-electron chi connectivity index (χ4n) is 1.31. The van der Waals surface area contributed by atoms with Crippen molar-refractivity contribution in [3.8, 4) is 0 Å². The van der Waals surface area contributed by atoms with E-state index in [0.717, 1.165) is 0 Å². The number of hydrogen-bond donors (Lipinski definition) is 0. The van der Waals surface area contributed by atoms with E-state index in [-0.39, 0.29) is 27.6 Å². The molecule has 0 aliphatic carbocycles. The summed E-state index contributed by atoms with van der Waals surface area (Å²) in [6, 6.07) is 3.11. The Hall–Kier alpha value is -0.730. The zero-order chi connectivity index (χ0) is 12.3. The number of benzene rings is 1. The second kappa shape index (κ2) is 5.38. The first-order valence-corrected chi connectivity index (χ1v) is 5.52. The summed E-state index contributed by atoms with van der Waals surface area (Å²) < 4.78 is 7.54. The smallest absolute Gasteiger partial charge is 0.256 e. The highest BCUT2D eigenvalue weighted by Crippen LogP contribution is 2.25. The highest BCUT2D eigenvalue weighted by Gasteiger charge is 2.18. The van der Waals surface area contributed by atoms with Gasteiger partial charge in [-0.3, -0.25) is 4.79 Å². The highest BCUT2D eigenvalue weighted by molar-refractivity contribution is 6.39. The minimum absolute atomic E-state index is 0.113. The van der Waals surface area contributed by atoms with Crippen LogP contribution in [0.2, 0.25) is 10.0 Å². The molecule has 1 aromatic rings. The van der Waals surface area contributed by atoms with Crippen molar-refractivity contribution in [3.05, 3.63) is 33.8 Å². The molecule has 0 atom stereocenters. The number of halogens is 2. The van der Waals surface area contributed by atoms with Gasteiger partial charge in [0.25, 0.3) is 5.91 Å². The summed E-state index contributed by atoms with van der Waals surface area (Å²) in [6.45, 7) is 4.94. The molecule has 0 aliphatic heterocycles. The number of hydrogen-bond acceptors (Lipinski definition) is 1. The van der Waals surface area contributed by atoms with Crippen LogP contribution in [0, 0.1) is 0 Å². The number of nitrogens with zero attached hydrogens (tertiary/aromatic N) is 1. The topological polar surface area (TPSA) is 20.3 Å². The summed E-state index contributed by atoms with van der Waals surface area (Å²) in [7, 11) is 0. The van der Waals surface area contributed by atoms with Crippen LogP contribution in [0.25, 0.3) is 0 Å². The van der Waals surface area contributed by atoms with Crippen molar-refractivity contribution in [1.29, 1.82) is 0 Å². The van der Waals surface area contributed by atoms with E-state index >= 15 is 0 Å². The molecular formula is C11H13Cl2NO. The van der Waals surface area contributed by atoms with Gasteiger partial charge in [0, 0.05) is 13.1 Å². The molecule has 1 aromatic carbocycles. The Morgan fingerprint density at radius 2 is 2.00 bits per heavy atom. The SMILES string of the molecule is [2H]c1ccc(Cl)c(C(=O)N(CC)CC)c1Cl. The average Bonchev–Trinajstić information content (AvgIpc) is 2.26. The van der Waals surface area contributed by atoms with Crippen molar-refractivity contribution in [3.63, 3.8) is 0 Å². The fraction of sp³-hybridized carbons (Fsp3) is 0.364. The Morgan fingerprint density at radius 3 is 2.53 bits per heavy atom. The van der Waals surface area contributed by atoms with E-state index in [0.29, 0.717) is 13.1 Å². The monoisotopic (exact) mass is 246 g/mol. The molecule has 2 nitrogen and oxygen atoms in total. The largest absolute Gasteiger partial charge is 0.339 e. The van der Waals surface area contributed by atoms with Gasteiger partial charge in [-0.1, -0.05) is 29.3 Å². The van der Waals surface area contributed by atoms with E-state index in [9.17, 15) is 4.79 Å². The van der Waals surface area contributed by atoms with Crippen LogP contribution < -0.4 is 0 Å². The molecule has 0 radical (unpaired) electrons. The summed E-state index contributed by atoms with van der Waals surface area (Å²) >= 11 is 11.9. The predicted octanol–water partition coefficient (Wildman–Crippen LogP) is 3.48. The lowest BCUT2D eigenvalue weighted by molar-refractivity contribution is 0.0773. The van der Waals surface area contributed by atoms with Crippen LogP contribution in [-0.4, -0.2) is 23.9 Å². The van der Waals surface area contributed by atoms with Crippen LogP contribution in [-0.2, 0) is 0 Å². The van der Waals surface area contributed by atoms with Gasteiger partial charge in [-0.2, -0.15) is 0 Å². The van der Waals surface area contributed by atoms with Gasteiger partial charge in [-0.25, -0.2) is 0 Å². The van der Waals surface area contributed by atoms with E-state index in [1.54, 1.807) is 4.90 Å². The van der Waals surface area contributed by atoms with Gasteiger partial charge >= 0.3 is 0 Å². The Bertz CT molecular complexity index is 405. The van der Waals surface area contributed by atoms with Crippen LogP contribution in [0.1, 0.15) is 25.6 Å². The first kappa shape index (κ1) is 10.8. The maximum atomic E-state index is 12.1. The Labute approximate surface area is 101 Å². The summed E-state index contributed by atoms with van der Waals surface area (Å²) in [6.07, 6.45) is 0. The molecule has 0 spiro atoms. The molecule has 0 aromatic heterocycles. The van der Waals surface area contributed by atoms with Crippen molar-refractivity contribution in [2.45, 2.75) is 13.8 Å². The molecule has 0 unspecified atom stereocenters. The molecule has 0 fully saturated rings. The maximum Gasteiger partial charge on any atom is 0.256 e. The summed E-state index contributed by atoms with van der Waals surface area (Å²) in [5.41, 5.74) is 0.222. The molecule has 1 amide bonds. The molecule has 0 N–H and O–H groups in total. The van der Waals surface area contributed by atoms with Crippen molar-refractivity contribution >= 4 is 29.1 Å². The number of carbonyl (C=O) groups is 1. The molecule has 15 heavy (non-hydrogen) atoms. The lowest BCUT2D eigenvalue weighted by Crippen LogP contribution is -2.30. The van der Waals surface area contributed by atoms with Gasteiger partial charge in [0.15, 0.2) is 0 Å². The molecule has 82 valence electrons. The standard InChI is InChI=1S/C11H13Cl2NO/c1-3-14(4-2)11(15)10-8(12)6-5-7-9(10)13/h5-7H,3-4H2,1-2H3/i6D.